The fourth-order valence-electron chi connectivity index (χ4n) is 1.63. The summed E-state index contributed by atoms with van der Waals surface area (Å²) in [5.41, 5.74) is 1.70. The van der Waals surface area contributed by atoms with E-state index in [1.54, 1.807) is 7.11 Å². The van der Waals surface area contributed by atoms with Crippen LogP contribution in [0.3, 0.4) is 0 Å². The topological polar surface area (TPSA) is 41.6 Å². The summed E-state index contributed by atoms with van der Waals surface area (Å²) in [4.78, 5) is 14.2. The van der Waals surface area contributed by atoms with Crippen molar-refractivity contribution in [2.75, 3.05) is 39.3 Å². The van der Waals surface area contributed by atoms with Crippen molar-refractivity contribution in [1.82, 2.24) is 5.32 Å². The van der Waals surface area contributed by atoms with Crippen molar-refractivity contribution < 1.29 is 9.53 Å². The van der Waals surface area contributed by atoms with Crippen LogP contribution in [0.25, 0.3) is 0 Å². The Hall–Kier alpha value is -1.07. The molecule has 1 amide bonds. The Balaban J connectivity index is 2.47. The van der Waals surface area contributed by atoms with E-state index in [1.807, 2.05) is 43.3 Å². The lowest BCUT2D eigenvalue weighted by Gasteiger charge is -2.14. The van der Waals surface area contributed by atoms with Crippen LogP contribution in [-0.4, -0.2) is 45.1 Å². The first-order valence-corrected chi connectivity index (χ1v) is 7.14. The Morgan fingerprint density at radius 3 is 2.84 bits per heavy atom. The molecule has 1 unspecified atom stereocenters. The fraction of sp³-hybridized carbons (Fsp3) is 0.500. The lowest BCUT2D eigenvalue weighted by atomic mass is 10.2. The van der Waals surface area contributed by atoms with Gasteiger partial charge in [0.05, 0.1) is 6.61 Å². The van der Waals surface area contributed by atoms with E-state index in [2.05, 4.69) is 21.2 Å². The Bertz CT molecular complexity index is 410. The molecule has 106 valence electrons. The van der Waals surface area contributed by atoms with E-state index in [4.69, 9.17) is 4.74 Å². The highest BCUT2D eigenvalue weighted by atomic mass is 79.9. The summed E-state index contributed by atoms with van der Waals surface area (Å²) in [6.45, 7) is 1.27. The molecule has 1 rings (SSSR count). The first-order valence-electron chi connectivity index (χ1n) is 6.23. The van der Waals surface area contributed by atoms with Gasteiger partial charge in [-0.05, 0) is 24.6 Å². The van der Waals surface area contributed by atoms with Crippen LogP contribution in [0.15, 0.2) is 24.3 Å². The highest BCUT2D eigenvalue weighted by Gasteiger charge is 2.08. The van der Waals surface area contributed by atoms with Gasteiger partial charge in [0.2, 0.25) is 0 Å². The van der Waals surface area contributed by atoms with Gasteiger partial charge in [0.1, 0.15) is 0 Å². The summed E-state index contributed by atoms with van der Waals surface area (Å²) in [7, 11) is 5.58. The SMILES string of the molecule is COCC(Br)CCNC(=O)c1cccc(N(C)C)c1. The number of methoxy groups -OCH3 is 1. The molecule has 0 radical (unpaired) electrons. The van der Waals surface area contributed by atoms with Gasteiger partial charge in [0.25, 0.3) is 5.91 Å². The summed E-state index contributed by atoms with van der Waals surface area (Å²) >= 11 is 3.49. The third-order valence-electron chi connectivity index (χ3n) is 2.72. The van der Waals surface area contributed by atoms with E-state index < -0.39 is 0 Å². The van der Waals surface area contributed by atoms with Crippen molar-refractivity contribution >= 4 is 27.5 Å². The van der Waals surface area contributed by atoms with Crippen molar-refractivity contribution in [3.05, 3.63) is 29.8 Å². The molecule has 0 bridgehead atoms. The van der Waals surface area contributed by atoms with Gasteiger partial charge >= 0.3 is 0 Å². The molecule has 1 N–H and O–H groups in total. The zero-order valence-electron chi connectivity index (χ0n) is 11.6. The Morgan fingerprint density at radius 1 is 1.47 bits per heavy atom. The lowest BCUT2D eigenvalue weighted by Crippen LogP contribution is -2.27. The number of carbonyl (C=O) groups excluding carboxylic acids is 1. The van der Waals surface area contributed by atoms with Gasteiger partial charge in [-0.25, -0.2) is 0 Å². The fourth-order valence-corrected chi connectivity index (χ4v) is 2.13. The van der Waals surface area contributed by atoms with Crippen LogP contribution in [0, 0.1) is 0 Å². The third kappa shape index (κ3) is 5.61. The number of rotatable bonds is 7. The van der Waals surface area contributed by atoms with E-state index in [1.165, 1.54) is 0 Å². The zero-order valence-corrected chi connectivity index (χ0v) is 13.2. The number of alkyl halides is 1. The Morgan fingerprint density at radius 2 is 2.21 bits per heavy atom. The highest BCUT2D eigenvalue weighted by Crippen LogP contribution is 2.13. The standard InChI is InChI=1S/C14H21BrN2O2/c1-17(2)13-6-4-5-11(9-13)14(18)16-8-7-12(15)10-19-3/h4-6,9,12H,7-8,10H2,1-3H3,(H,16,18). The Labute approximate surface area is 123 Å². The molecule has 0 aromatic heterocycles. The van der Waals surface area contributed by atoms with E-state index >= 15 is 0 Å². The van der Waals surface area contributed by atoms with Crippen molar-refractivity contribution in [3.63, 3.8) is 0 Å². The van der Waals surface area contributed by atoms with Gasteiger partial charge in [-0.15, -0.1) is 0 Å². The van der Waals surface area contributed by atoms with Crippen molar-refractivity contribution in [1.29, 1.82) is 0 Å². The number of hydrogen-bond acceptors (Lipinski definition) is 3. The lowest BCUT2D eigenvalue weighted by molar-refractivity contribution is 0.0952. The molecule has 5 heteroatoms. The van der Waals surface area contributed by atoms with Gasteiger partial charge in [0, 0.05) is 43.8 Å². The maximum atomic E-state index is 12.0. The van der Waals surface area contributed by atoms with E-state index in [-0.39, 0.29) is 10.7 Å². The number of halogens is 1. The van der Waals surface area contributed by atoms with Crippen molar-refractivity contribution in [3.8, 4) is 0 Å². The molecule has 0 saturated carbocycles. The van der Waals surface area contributed by atoms with Gasteiger partial charge in [-0.2, -0.15) is 0 Å². The maximum Gasteiger partial charge on any atom is 0.251 e. The molecule has 0 aliphatic rings. The van der Waals surface area contributed by atoms with Crippen LogP contribution in [0.1, 0.15) is 16.8 Å². The zero-order chi connectivity index (χ0) is 14.3. The number of carbonyl (C=O) groups is 1. The summed E-state index contributed by atoms with van der Waals surface area (Å²) in [5, 5.41) is 2.91. The molecule has 0 aliphatic heterocycles. The number of benzene rings is 1. The molecule has 19 heavy (non-hydrogen) atoms. The van der Waals surface area contributed by atoms with Crippen molar-refractivity contribution in [2.45, 2.75) is 11.2 Å². The number of nitrogens with zero attached hydrogens (tertiary/aromatic N) is 1. The first-order chi connectivity index (χ1) is 9.04. The molecule has 0 spiro atoms. The monoisotopic (exact) mass is 328 g/mol. The molecule has 1 atom stereocenters. The maximum absolute atomic E-state index is 12.0. The predicted octanol–water partition coefficient (Wildman–Crippen LogP) is 2.28. The number of hydrogen-bond donors (Lipinski definition) is 1. The molecular formula is C14H21BrN2O2. The molecule has 0 fully saturated rings. The molecule has 1 aromatic rings. The largest absolute Gasteiger partial charge is 0.384 e. The second-order valence-electron chi connectivity index (χ2n) is 4.54. The molecule has 0 aliphatic carbocycles. The number of amides is 1. The van der Waals surface area contributed by atoms with E-state index in [0.717, 1.165) is 12.1 Å². The predicted molar refractivity (Wildman–Crippen MR) is 82.3 cm³/mol. The number of ether oxygens (including phenoxy) is 1. The van der Waals surface area contributed by atoms with Crippen LogP contribution in [-0.2, 0) is 4.74 Å². The summed E-state index contributed by atoms with van der Waals surface area (Å²) in [5.74, 6) is -0.0409. The average molecular weight is 329 g/mol. The van der Waals surface area contributed by atoms with Gasteiger partial charge < -0.3 is 15.0 Å². The van der Waals surface area contributed by atoms with Crippen LogP contribution in [0.5, 0.6) is 0 Å². The van der Waals surface area contributed by atoms with E-state index in [9.17, 15) is 4.79 Å². The van der Waals surface area contributed by atoms with Crippen molar-refractivity contribution in [2.24, 2.45) is 0 Å². The third-order valence-corrected chi connectivity index (χ3v) is 3.44. The van der Waals surface area contributed by atoms with Gasteiger partial charge in [0.15, 0.2) is 0 Å². The van der Waals surface area contributed by atoms with Crippen LogP contribution < -0.4 is 10.2 Å². The van der Waals surface area contributed by atoms with Crippen LogP contribution in [0.4, 0.5) is 5.69 Å². The number of anilines is 1. The van der Waals surface area contributed by atoms with Crippen LogP contribution in [0.2, 0.25) is 0 Å². The molecule has 0 saturated heterocycles. The first kappa shape index (κ1) is 16.0. The second kappa shape index (κ2) is 8.17. The van der Waals surface area contributed by atoms with Gasteiger partial charge in [-0.3, -0.25) is 4.79 Å². The van der Waals surface area contributed by atoms with E-state index in [0.29, 0.717) is 18.7 Å². The highest BCUT2D eigenvalue weighted by molar-refractivity contribution is 9.09. The molecule has 0 heterocycles. The summed E-state index contributed by atoms with van der Waals surface area (Å²) in [6.07, 6.45) is 0.840. The van der Waals surface area contributed by atoms with Crippen LogP contribution >= 0.6 is 15.9 Å². The number of nitrogens with one attached hydrogen (secondary N) is 1. The quantitative estimate of drug-likeness (QED) is 0.781. The summed E-state index contributed by atoms with van der Waals surface area (Å²) in [6, 6.07) is 7.57. The minimum absolute atomic E-state index is 0.0409. The molecule has 1 aromatic carbocycles. The minimum atomic E-state index is -0.0409. The average Bonchev–Trinajstić information content (AvgIpc) is 2.39. The smallest absolute Gasteiger partial charge is 0.251 e. The minimum Gasteiger partial charge on any atom is -0.384 e. The summed E-state index contributed by atoms with van der Waals surface area (Å²) < 4.78 is 5.02. The second-order valence-corrected chi connectivity index (χ2v) is 5.84. The Kier molecular flexibility index (Phi) is 6.87. The van der Waals surface area contributed by atoms with Gasteiger partial charge in [-0.1, -0.05) is 22.0 Å². The molecular weight excluding hydrogens is 308 g/mol. The molecule has 4 nitrogen and oxygen atoms in total. The normalized spacial score (nSPS) is 12.0.